The summed E-state index contributed by atoms with van der Waals surface area (Å²) < 4.78 is 32.7. The first-order valence-electron chi connectivity index (χ1n) is 10.5. The molecule has 0 bridgehead atoms. The minimum Gasteiger partial charge on any atom is -0.379 e. The average molecular weight is 443 g/mol. The molecule has 3 rings (SSSR count). The first kappa shape index (κ1) is 22.5. The van der Waals surface area contributed by atoms with Crippen LogP contribution in [0.15, 0.2) is 21.3 Å². The SMILES string of the molecule is CN=C(NCc1ccc(S(=O)(=O)N2CCOCC2)s1)NC1CCC(C(C)C)CC1. The average Bonchev–Trinajstić information content (AvgIpc) is 3.22. The van der Waals surface area contributed by atoms with Crippen molar-refractivity contribution in [3.63, 3.8) is 0 Å². The maximum absolute atomic E-state index is 12.8. The molecule has 1 aliphatic heterocycles. The quantitative estimate of drug-likeness (QED) is 0.523. The van der Waals surface area contributed by atoms with E-state index in [1.54, 1.807) is 13.1 Å². The summed E-state index contributed by atoms with van der Waals surface area (Å²) in [6, 6.07) is 4.04. The van der Waals surface area contributed by atoms with Crippen LogP contribution >= 0.6 is 11.3 Å². The highest BCUT2D eigenvalue weighted by Crippen LogP contribution is 2.30. The second-order valence-corrected chi connectivity index (χ2v) is 11.5. The monoisotopic (exact) mass is 442 g/mol. The van der Waals surface area contributed by atoms with Crippen LogP contribution in [0.1, 0.15) is 44.4 Å². The Kier molecular flexibility index (Phi) is 7.95. The van der Waals surface area contributed by atoms with Crippen LogP contribution in [0.5, 0.6) is 0 Å². The first-order chi connectivity index (χ1) is 13.9. The lowest BCUT2D eigenvalue weighted by atomic mass is 9.80. The molecule has 1 saturated carbocycles. The molecule has 2 fully saturated rings. The fourth-order valence-electron chi connectivity index (χ4n) is 4.00. The van der Waals surface area contributed by atoms with Gasteiger partial charge in [-0.05, 0) is 49.7 Å². The van der Waals surface area contributed by atoms with Crippen LogP contribution in [0, 0.1) is 11.8 Å². The van der Waals surface area contributed by atoms with Crippen LogP contribution in [-0.4, -0.2) is 58.1 Å². The van der Waals surface area contributed by atoms with E-state index in [0.717, 1.165) is 22.7 Å². The van der Waals surface area contributed by atoms with Gasteiger partial charge in [0.15, 0.2) is 5.96 Å². The maximum atomic E-state index is 12.8. The Labute approximate surface area is 179 Å². The summed E-state index contributed by atoms with van der Waals surface area (Å²) in [5, 5.41) is 6.86. The highest BCUT2D eigenvalue weighted by atomic mass is 32.2. The molecule has 2 heterocycles. The maximum Gasteiger partial charge on any atom is 0.252 e. The molecule has 1 aliphatic carbocycles. The minimum atomic E-state index is -3.42. The molecule has 1 aromatic rings. The summed E-state index contributed by atoms with van der Waals surface area (Å²) in [5.74, 6) is 2.38. The van der Waals surface area contributed by atoms with E-state index in [2.05, 4.69) is 29.5 Å². The summed E-state index contributed by atoms with van der Waals surface area (Å²) in [4.78, 5) is 5.31. The second kappa shape index (κ2) is 10.2. The molecule has 1 aromatic heterocycles. The highest BCUT2D eigenvalue weighted by molar-refractivity contribution is 7.91. The topological polar surface area (TPSA) is 83.0 Å². The molecule has 0 amide bonds. The molecule has 2 aliphatic rings. The lowest BCUT2D eigenvalue weighted by Gasteiger charge is -2.32. The normalized spacial score (nSPS) is 24.6. The predicted octanol–water partition coefficient (Wildman–Crippen LogP) is 2.65. The number of thiophene rings is 1. The predicted molar refractivity (Wildman–Crippen MR) is 118 cm³/mol. The molecule has 0 radical (unpaired) electrons. The van der Waals surface area contributed by atoms with E-state index in [0.29, 0.717) is 43.1 Å². The molecule has 0 spiro atoms. The van der Waals surface area contributed by atoms with Gasteiger partial charge in [-0.15, -0.1) is 11.3 Å². The summed E-state index contributed by atoms with van der Waals surface area (Å²) in [5.41, 5.74) is 0. The van der Waals surface area contributed by atoms with Crippen molar-refractivity contribution in [1.82, 2.24) is 14.9 Å². The number of ether oxygens (including phenoxy) is 1. The van der Waals surface area contributed by atoms with Gasteiger partial charge in [-0.1, -0.05) is 13.8 Å². The number of aliphatic imine (C=N–C) groups is 1. The Morgan fingerprint density at radius 1 is 1.24 bits per heavy atom. The van der Waals surface area contributed by atoms with Crippen molar-refractivity contribution in [1.29, 1.82) is 0 Å². The summed E-state index contributed by atoms with van der Waals surface area (Å²) in [7, 11) is -1.65. The molecular weight excluding hydrogens is 408 g/mol. The molecule has 2 N–H and O–H groups in total. The fourth-order valence-corrected chi connectivity index (χ4v) is 6.85. The van der Waals surface area contributed by atoms with Gasteiger partial charge in [0.2, 0.25) is 0 Å². The van der Waals surface area contributed by atoms with Crippen molar-refractivity contribution >= 4 is 27.3 Å². The number of nitrogens with zero attached hydrogens (tertiary/aromatic N) is 2. The third-order valence-electron chi connectivity index (χ3n) is 5.91. The molecule has 0 aromatic carbocycles. The van der Waals surface area contributed by atoms with E-state index in [1.807, 2.05) is 6.07 Å². The van der Waals surface area contributed by atoms with Gasteiger partial charge in [0, 0.05) is 31.1 Å². The van der Waals surface area contributed by atoms with Crippen molar-refractivity contribution in [3.8, 4) is 0 Å². The number of rotatable bonds is 6. The van der Waals surface area contributed by atoms with Gasteiger partial charge in [-0.3, -0.25) is 4.99 Å². The zero-order chi connectivity index (χ0) is 20.9. The van der Waals surface area contributed by atoms with Gasteiger partial charge >= 0.3 is 0 Å². The van der Waals surface area contributed by atoms with E-state index in [9.17, 15) is 8.42 Å². The van der Waals surface area contributed by atoms with Crippen LogP contribution in [-0.2, 0) is 21.3 Å². The van der Waals surface area contributed by atoms with E-state index in [-0.39, 0.29) is 0 Å². The Hall–Kier alpha value is -1.16. The third kappa shape index (κ3) is 5.93. The van der Waals surface area contributed by atoms with E-state index >= 15 is 0 Å². The Morgan fingerprint density at radius 2 is 1.93 bits per heavy atom. The molecule has 164 valence electrons. The molecule has 7 nitrogen and oxygen atoms in total. The van der Waals surface area contributed by atoms with Gasteiger partial charge in [-0.2, -0.15) is 4.31 Å². The van der Waals surface area contributed by atoms with Crippen LogP contribution in [0.25, 0.3) is 0 Å². The Bertz CT molecular complexity index is 777. The van der Waals surface area contributed by atoms with Crippen molar-refractivity contribution in [2.75, 3.05) is 33.4 Å². The van der Waals surface area contributed by atoms with Gasteiger partial charge in [0.1, 0.15) is 4.21 Å². The van der Waals surface area contributed by atoms with E-state index in [4.69, 9.17) is 4.74 Å². The molecule has 0 atom stereocenters. The summed E-state index contributed by atoms with van der Waals surface area (Å²) >= 11 is 1.32. The van der Waals surface area contributed by atoms with Gasteiger partial charge in [-0.25, -0.2) is 8.42 Å². The number of nitrogens with one attached hydrogen (secondary N) is 2. The fraction of sp³-hybridized carbons (Fsp3) is 0.750. The number of guanidine groups is 1. The molecule has 9 heteroatoms. The number of morpholine rings is 1. The smallest absolute Gasteiger partial charge is 0.252 e. The van der Waals surface area contributed by atoms with Gasteiger partial charge in [0.25, 0.3) is 10.0 Å². The molecule has 29 heavy (non-hydrogen) atoms. The number of hydrogen-bond acceptors (Lipinski definition) is 5. The van der Waals surface area contributed by atoms with Crippen molar-refractivity contribution in [2.24, 2.45) is 16.8 Å². The van der Waals surface area contributed by atoms with Crippen molar-refractivity contribution in [2.45, 2.75) is 56.3 Å². The third-order valence-corrected chi connectivity index (χ3v) is 9.36. The highest BCUT2D eigenvalue weighted by Gasteiger charge is 2.28. The Morgan fingerprint density at radius 3 is 2.55 bits per heavy atom. The largest absolute Gasteiger partial charge is 0.379 e. The van der Waals surface area contributed by atoms with Gasteiger partial charge < -0.3 is 15.4 Å². The first-order valence-corrected chi connectivity index (χ1v) is 12.8. The van der Waals surface area contributed by atoms with E-state index in [1.165, 1.54) is 41.3 Å². The Balaban J connectivity index is 1.50. The summed E-state index contributed by atoms with van der Waals surface area (Å²) in [6.45, 7) is 6.94. The van der Waals surface area contributed by atoms with Crippen LogP contribution in [0.3, 0.4) is 0 Å². The molecule has 0 unspecified atom stereocenters. The lowest BCUT2D eigenvalue weighted by molar-refractivity contribution is 0.0731. The molecule has 1 saturated heterocycles. The standard InChI is InChI=1S/C20H34N4O3S2/c1-15(2)16-4-6-17(7-5-16)23-20(21-3)22-14-18-8-9-19(28-18)29(25,26)24-10-12-27-13-11-24/h8-9,15-17H,4-7,10-14H2,1-3H3,(H2,21,22,23). The van der Waals surface area contributed by atoms with Crippen molar-refractivity contribution < 1.29 is 13.2 Å². The number of sulfonamides is 1. The van der Waals surface area contributed by atoms with E-state index < -0.39 is 10.0 Å². The lowest BCUT2D eigenvalue weighted by Crippen LogP contribution is -2.44. The van der Waals surface area contributed by atoms with Crippen LogP contribution < -0.4 is 10.6 Å². The second-order valence-electron chi connectivity index (χ2n) is 8.16. The van der Waals surface area contributed by atoms with Gasteiger partial charge in [0.05, 0.1) is 19.8 Å². The zero-order valence-corrected chi connectivity index (χ0v) is 19.3. The summed E-state index contributed by atoms with van der Waals surface area (Å²) in [6.07, 6.45) is 4.87. The molecular formula is C20H34N4O3S2. The van der Waals surface area contributed by atoms with Crippen LogP contribution in [0.4, 0.5) is 0 Å². The zero-order valence-electron chi connectivity index (χ0n) is 17.7. The number of hydrogen-bond donors (Lipinski definition) is 2. The minimum absolute atomic E-state index is 0.395. The van der Waals surface area contributed by atoms with Crippen LogP contribution in [0.2, 0.25) is 0 Å². The van der Waals surface area contributed by atoms with Crippen molar-refractivity contribution in [3.05, 3.63) is 17.0 Å².